The third-order valence-corrected chi connectivity index (χ3v) is 4.26. The van der Waals surface area contributed by atoms with Crippen molar-refractivity contribution >= 4 is 34.8 Å². The zero-order valence-corrected chi connectivity index (χ0v) is 16.5. The van der Waals surface area contributed by atoms with E-state index in [-0.39, 0.29) is 19.3 Å². The third-order valence-electron chi connectivity index (χ3n) is 4.26. The number of fused-ring (bicyclic) bond motifs is 1. The second kappa shape index (κ2) is 7.94. The van der Waals surface area contributed by atoms with E-state index in [4.69, 9.17) is 9.57 Å². The Morgan fingerprint density at radius 1 is 1.17 bits per heavy atom. The zero-order valence-electron chi connectivity index (χ0n) is 16.5. The van der Waals surface area contributed by atoms with Gasteiger partial charge in [0.2, 0.25) is 0 Å². The van der Waals surface area contributed by atoms with Gasteiger partial charge in [0.1, 0.15) is 11.6 Å². The lowest BCUT2D eigenvalue weighted by Gasteiger charge is -2.23. The number of hydroxylamine groups is 2. The highest BCUT2D eigenvalue weighted by molar-refractivity contribution is 6.02. The average molecular weight is 401 g/mol. The summed E-state index contributed by atoms with van der Waals surface area (Å²) in [6.45, 7) is 5.09. The summed E-state index contributed by atoms with van der Waals surface area (Å²) >= 11 is 0. The van der Waals surface area contributed by atoms with Gasteiger partial charge in [0.15, 0.2) is 0 Å². The van der Waals surface area contributed by atoms with Crippen molar-refractivity contribution in [3.05, 3.63) is 36.0 Å². The van der Waals surface area contributed by atoms with Crippen molar-refractivity contribution in [3.63, 3.8) is 0 Å². The maximum absolute atomic E-state index is 12.7. The number of H-pyrrole nitrogens is 1. The largest absolute Gasteiger partial charge is 0.444 e. The molecule has 2 heterocycles. The van der Waals surface area contributed by atoms with Crippen LogP contribution in [0.3, 0.4) is 0 Å². The number of ether oxygens (including phenoxy) is 1. The molecule has 3 amide bonds. The average Bonchev–Trinajstić information content (AvgIpc) is 3.18. The summed E-state index contributed by atoms with van der Waals surface area (Å²) in [6, 6.07) is 6.33. The number of nitrogens with one attached hydrogen (secondary N) is 2. The number of hydrogen-bond donors (Lipinski definition) is 2. The van der Waals surface area contributed by atoms with Crippen LogP contribution in [0, 0.1) is 0 Å². The molecule has 1 fully saturated rings. The predicted molar refractivity (Wildman–Crippen MR) is 102 cm³/mol. The molecular formula is C20H23N3O6. The van der Waals surface area contributed by atoms with Crippen LogP contribution in [0.2, 0.25) is 0 Å². The fraction of sp³-hybridized carbons (Fsp3) is 0.400. The van der Waals surface area contributed by atoms with Gasteiger partial charge in [-0.1, -0.05) is 18.2 Å². The molecule has 154 valence electrons. The molecule has 0 bridgehead atoms. The SMILES string of the molecule is CC(C)(C)OC(=O)NC(Cc1c[nH]c2ccccc12)C(=O)ON1C(=O)CCC1=O. The molecule has 2 aromatic rings. The van der Waals surface area contributed by atoms with Gasteiger partial charge in [-0.25, -0.2) is 9.59 Å². The Labute approximate surface area is 167 Å². The van der Waals surface area contributed by atoms with Crippen molar-refractivity contribution in [3.8, 4) is 0 Å². The monoisotopic (exact) mass is 401 g/mol. The maximum Gasteiger partial charge on any atom is 0.408 e. The van der Waals surface area contributed by atoms with Crippen LogP contribution in [0.1, 0.15) is 39.2 Å². The standard InChI is InChI=1S/C20H23N3O6/c1-20(2,3)28-19(27)22-15(18(26)29-23-16(24)8-9-17(23)25)10-12-11-21-14-7-5-4-6-13(12)14/h4-7,11,15,21H,8-10H2,1-3H3,(H,22,27). The molecule has 9 nitrogen and oxygen atoms in total. The Balaban J connectivity index is 1.80. The van der Waals surface area contributed by atoms with Crippen LogP contribution in [0.25, 0.3) is 10.9 Å². The van der Waals surface area contributed by atoms with Gasteiger partial charge in [0.05, 0.1) is 0 Å². The summed E-state index contributed by atoms with van der Waals surface area (Å²) in [5.41, 5.74) is 0.870. The maximum atomic E-state index is 12.7. The molecule has 1 aliphatic heterocycles. The van der Waals surface area contributed by atoms with Crippen LogP contribution in [-0.4, -0.2) is 45.6 Å². The van der Waals surface area contributed by atoms with E-state index in [0.29, 0.717) is 5.06 Å². The molecule has 1 aromatic heterocycles. The molecule has 0 aliphatic carbocycles. The Kier molecular flexibility index (Phi) is 5.58. The number of aromatic nitrogens is 1. The van der Waals surface area contributed by atoms with Gasteiger partial charge in [0, 0.05) is 36.4 Å². The summed E-state index contributed by atoms with van der Waals surface area (Å²) in [7, 11) is 0. The van der Waals surface area contributed by atoms with Gasteiger partial charge >= 0.3 is 12.1 Å². The molecular weight excluding hydrogens is 378 g/mol. The Morgan fingerprint density at radius 2 is 1.83 bits per heavy atom. The first-order chi connectivity index (χ1) is 13.6. The number of rotatable bonds is 5. The van der Waals surface area contributed by atoms with Crippen molar-refractivity contribution in [1.29, 1.82) is 0 Å². The third kappa shape index (κ3) is 4.92. The topological polar surface area (TPSA) is 118 Å². The molecule has 1 aromatic carbocycles. The molecule has 0 saturated carbocycles. The van der Waals surface area contributed by atoms with Crippen LogP contribution in [0.5, 0.6) is 0 Å². The Hall–Kier alpha value is -3.36. The number of carbonyl (C=O) groups is 4. The first-order valence-corrected chi connectivity index (χ1v) is 9.26. The van der Waals surface area contributed by atoms with Crippen LogP contribution in [0.4, 0.5) is 4.79 Å². The van der Waals surface area contributed by atoms with Gasteiger partial charge in [-0.3, -0.25) is 9.59 Å². The predicted octanol–water partition coefficient (Wildman–Crippen LogP) is 2.21. The van der Waals surface area contributed by atoms with E-state index in [2.05, 4.69) is 10.3 Å². The molecule has 29 heavy (non-hydrogen) atoms. The first kappa shape index (κ1) is 20.4. The van der Waals surface area contributed by atoms with E-state index in [9.17, 15) is 19.2 Å². The van der Waals surface area contributed by atoms with E-state index in [1.165, 1.54) is 0 Å². The fourth-order valence-corrected chi connectivity index (χ4v) is 2.97. The number of imide groups is 1. The molecule has 0 radical (unpaired) electrons. The number of carbonyl (C=O) groups excluding carboxylic acids is 4. The number of para-hydroxylation sites is 1. The highest BCUT2D eigenvalue weighted by Gasteiger charge is 2.36. The van der Waals surface area contributed by atoms with Crippen molar-refractivity contribution in [2.75, 3.05) is 0 Å². The van der Waals surface area contributed by atoms with Gasteiger partial charge in [-0.15, -0.1) is 5.06 Å². The van der Waals surface area contributed by atoms with E-state index in [1.54, 1.807) is 27.0 Å². The summed E-state index contributed by atoms with van der Waals surface area (Å²) in [5, 5.41) is 3.82. The molecule has 1 saturated heterocycles. The van der Waals surface area contributed by atoms with Gasteiger partial charge in [0.25, 0.3) is 11.8 Å². The van der Waals surface area contributed by atoms with Crippen LogP contribution in [0.15, 0.2) is 30.5 Å². The number of benzene rings is 1. The van der Waals surface area contributed by atoms with Gasteiger partial charge in [-0.05, 0) is 32.4 Å². The summed E-state index contributed by atoms with van der Waals surface area (Å²) < 4.78 is 5.22. The Morgan fingerprint density at radius 3 is 2.48 bits per heavy atom. The van der Waals surface area contributed by atoms with Crippen molar-refractivity contribution in [2.45, 2.75) is 51.7 Å². The summed E-state index contributed by atoms with van der Waals surface area (Å²) in [4.78, 5) is 56.6. The number of nitrogens with zero attached hydrogens (tertiary/aromatic N) is 1. The lowest BCUT2D eigenvalue weighted by molar-refractivity contribution is -0.198. The number of hydrogen-bond acceptors (Lipinski definition) is 6. The van der Waals surface area contributed by atoms with Gasteiger partial charge < -0.3 is 19.9 Å². The van der Waals surface area contributed by atoms with Crippen molar-refractivity contribution < 1.29 is 28.8 Å². The summed E-state index contributed by atoms with van der Waals surface area (Å²) in [6.07, 6.45) is 0.974. The minimum Gasteiger partial charge on any atom is -0.444 e. The first-order valence-electron chi connectivity index (χ1n) is 9.26. The van der Waals surface area contributed by atoms with E-state index in [0.717, 1.165) is 16.5 Å². The molecule has 3 rings (SSSR count). The highest BCUT2D eigenvalue weighted by Crippen LogP contribution is 2.20. The van der Waals surface area contributed by atoms with Crippen LogP contribution >= 0.6 is 0 Å². The lowest BCUT2D eigenvalue weighted by atomic mass is 10.1. The smallest absolute Gasteiger partial charge is 0.408 e. The molecule has 1 unspecified atom stereocenters. The van der Waals surface area contributed by atoms with Crippen molar-refractivity contribution in [1.82, 2.24) is 15.4 Å². The molecule has 0 spiro atoms. The van der Waals surface area contributed by atoms with E-state index < -0.39 is 35.5 Å². The molecule has 1 aliphatic rings. The van der Waals surface area contributed by atoms with Crippen molar-refractivity contribution in [2.24, 2.45) is 0 Å². The molecule has 2 N–H and O–H groups in total. The molecule has 1 atom stereocenters. The number of alkyl carbamates (subject to hydrolysis) is 1. The van der Waals surface area contributed by atoms with Gasteiger partial charge in [-0.2, -0.15) is 0 Å². The van der Waals surface area contributed by atoms with Crippen LogP contribution < -0.4 is 5.32 Å². The van der Waals surface area contributed by atoms with Crippen LogP contribution in [-0.2, 0) is 30.4 Å². The summed E-state index contributed by atoms with van der Waals surface area (Å²) in [5.74, 6) is -2.11. The lowest BCUT2D eigenvalue weighted by Crippen LogP contribution is -2.47. The second-order valence-corrected chi connectivity index (χ2v) is 7.75. The highest BCUT2D eigenvalue weighted by atomic mass is 16.7. The zero-order chi connectivity index (χ0) is 21.2. The van der Waals surface area contributed by atoms with E-state index in [1.807, 2.05) is 24.3 Å². The minimum absolute atomic E-state index is 0.0152. The normalized spacial score (nSPS) is 15.5. The minimum atomic E-state index is -1.16. The number of amides is 3. The quantitative estimate of drug-likeness (QED) is 0.742. The fourth-order valence-electron chi connectivity index (χ4n) is 2.97. The second-order valence-electron chi connectivity index (χ2n) is 7.75. The van der Waals surface area contributed by atoms with E-state index >= 15 is 0 Å². The molecule has 9 heteroatoms. The number of aromatic amines is 1. The Bertz CT molecular complexity index is 943.